The lowest BCUT2D eigenvalue weighted by Gasteiger charge is -1.97. The maximum atomic E-state index is 11.2. The van der Waals surface area contributed by atoms with Crippen LogP contribution in [0.3, 0.4) is 0 Å². The molecule has 0 saturated carbocycles. The molecular formula is C9H10N2O2. The minimum atomic E-state index is -0.230. The van der Waals surface area contributed by atoms with Crippen LogP contribution in [0.5, 0.6) is 0 Å². The molecule has 0 atom stereocenters. The highest BCUT2D eigenvalue weighted by Crippen LogP contribution is 1.92. The Hall–Kier alpha value is -1.76. The number of hydrogen-bond acceptors (Lipinski definition) is 3. The SMILES string of the molecule is CC#CCCNC(=O)c1ccon1. The fourth-order valence-corrected chi connectivity index (χ4v) is 0.784. The van der Waals surface area contributed by atoms with E-state index in [1.54, 1.807) is 6.92 Å². The molecule has 1 N–H and O–H groups in total. The second kappa shape index (κ2) is 4.99. The van der Waals surface area contributed by atoms with Gasteiger partial charge in [0.05, 0.1) is 0 Å². The van der Waals surface area contributed by atoms with E-state index in [1.807, 2.05) is 0 Å². The number of rotatable bonds is 3. The summed E-state index contributed by atoms with van der Waals surface area (Å²) >= 11 is 0. The van der Waals surface area contributed by atoms with Crippen molar-refractivity contribution in [1.82, 2.24) is 10.5 Å². The molecule has 1 aromatic heterocycles. The topological polar surface area (TPSA) is 55.1 Å². The molecule has 4 nitrogen and oxygen atoms in total. The number of amides is 1. The number of aromatic nitrogens is 1. The highest BCUT2D eigenvalue weighted by molar-refractivity contribution is 5.91. The van der Waals surface area contributed by atoms with Crippen LogP contribution in [-0.2, 0) is 0 Å². The Morgan fingerprint density at radius 2 is 2.62 bits per heavy atom. The fraction of sp³-hybridized carbons (Fsp3) is 0.333. The summed E-state index contributed by atoms with van der Waals surface area (Å²) in [6.07, 6.45) is 2.01. The minimum absolute atomic E-state index is 0.230. The molecule has 1 heterocycles. The van der Waals surface area contributed by atoms with Gasteiger partial charge in [0.25, 0.3) is 5.91 Å². The maximum Gasteiger partial charge on any atom is 0.273 e. The summed E-state index contributed by atoms with van der Waals surface area (Å²) in [6, 6.07) is 1.51. The molecule has 0 aliphatic rings. The molecule has 0 radical (unpaired) electrons. The molecule has 0 aliphatic carbocycles. The summed E-state index contributed by atoms with van der Waals surface area (Å²) in [5.74, 6) is 5.35. The molecule has 1 amide bonds. The summed E-state index contributed by atoms with van der Waals surface area (Å²) in [5, 5.41) is 6.15. The summed E-state index contributed by atoms with van der Waals surface area (Å²) in [7, 11) is 0. The molecule has 1 rings (SSSR count). The monoisotopic (exact) mass is 178 g/mol. The second-order valence-electron chi connectivity index (χ2n) is 2.32. The second-order valence-corrected chi connectivity index (χ2v) is 2.32. The molecule has 0 aromatic carbocycles. The largest absolute Gasteiger partial charge is 0.364 e. The van der Waals surface area contributed by atoms with Crippen molar-refractivity contribution < 1.29 is 9.32 Å². The standard InChI is InChI=1S/C9H10N2O2/c1-2-3-4-6-10-9(12)8-5-7-13-11-8/h5,7H,4,6H2,1H3,(H,10,12). The van der Waals surface area contributed by atoms with Gasteiger partial charge in [-0.1, -0.05) is 5.16 Å². The zero-order chi connectivity index (χ0) is 9.52. The first-order valence-corrected chi connectivity index (χ1v) is 3.93. The lowest BCUT2D eigenvalue weighted by Crippen LogP contribution is -2.24. The molecule has 0 aliphatic heterocycles. The van der Waals surface area contributed by atoms with E-state index in [4.69, 9.17) is 0 Å². The van der Waals surface area contributed by atoms with E-state index in [9.17, 15) is 4.79 Å². The van der Waals surface area contributed by atoms with Gasteiger partial charge in [0.15, 0.2) is 5.69 Å². The van der Waals surface area contributed by atoms with Crippen LogP contribution in [0, 0.1) is 11.8 Å². The first-order valence-electron chi connectivity index (χ1n) is 3.93. The molecule has 0 bridgehead atoms. The first-order chi connectivity index (χ1) is 6.34. The van der Waals surface area contributed by atoms with Gasteiger partial charge in [-0.25, -0.2) is 0 Å². The van der Waals surface area contributed by atoms with Gasteiger partial charge >= 0.3 is 0 Å². The summed E-state index contributed by atoms with van der Waals surface area (Å²) < 4.78 is 4.52. The molecule has 4 heteroatoms. The minimum Gasteiger partial charge on any atom is -0.364 e. The van der Waals surface area contributed by atoms with Gasteiger partial charge in [0.1, 0.15) is 6.26 Å². The highest BCUT2D eigenvalue weighted by atomic mass is 16.5. The van der Waals surface area contributed by atoms with Gasteiger partial charge < -0.3 is 9.84 Å². The van der Waals surface area contributed by atoms with E-state index >= 15 is 0 Å². The predicted molar refractivity (Wildman–Crippen MR) is 46.9 cm³/mol. The molecule has 13 heavy (non-hydrogen) atoms. The van der Waals surface area contributed by atoms with Crippen LogP contribution in [0.2, 0.25) is 0 Å². The van der Waals surface area contributed by atoms with Gasteiger partial charge in [0.2, 0.25) is 0 Å². The molecular weight excluding hydrogens is 168 g/mol. The normalized spacial score (nSPS) is 8.69. The Labute approximate surface area is 76.3 Å². The zero-order valence-corrected chi connectivity index (χ0v) is 7.33. The van der Waals surface area contributed by atoms with Gasteiger partial charge in [-0.3, -0.25) is 4.79 Å². The highest BCUT2D eigenvalue weighted by Gasteiger charge is 2.06. The van der Waals surface area contributed by atoms with E-state index < -0.39 is 0 Å². The van der Waals surface area contributed by atoms with Crippen LogP contribution >= 0.6 is 0 Å². The van der Waals surface area contributed by atoms with Crippen molar-refractivity contribution in [2.75, 3.05) is 6.54 Å². The summed E-state index contributed by atoms with van der Waals surface area (Å²) in [4.78, 5) is 11.2. The van der Waals surface area contributed by atoms with Gasteiger partial charge in [-0.2, -0.15) is 0 Å². The van der Waals surface area contributed by atoms with E-state index in [0.717, 1.165) is 0 Å². The van der Waals surface area contributed by atoms with Crippen LogP contribution in [0.4, 0.5) is 0 Å². The molecule has 1 aromatic rings. The smallest absolute Gasteiger partial charge is 0.273 e. The maximum absolute atomic E-state index is 11.2. The zero-order valence-electron chi connectivity index (χ0n) is 7.33. The van der Waals surface area contributed by atoms with Crippen molar-refractivity contribution >= 4 is 5.91 Å². The molecule has 68 valence electrons. The van der Waals surface area contributed by atoms with E-state index in [2.05, 4.69) is 26.8 Å². The third-order valence-electron chi connectivity index (χ3n) is 1.38. The molecule has 0 unspecified atom stereocenters. The Balaban J connectivity index is 2.29. The Bertz CT molecular complexity index is 319. The average Bonchev–Trinajstić information content (AvgIpc) is 2.65. The Morgan fingerprint density at radius 1 is 1.77 bits per heavy atom. The van der Waals surface area contributed by atoms with Crippen molar-refractivity contribution in [2.24, 2.45) is 0 Å². The lowest BCUT2D eigenvalue weighted by molar-refractivity contribution is 0.0945. The van der Waals surface area contributed by atoms with Gasteiger partial charge in [0, 0.05) is 19.0 Å². The van der Waals surface area contributed by atoms with Crippen LogP contribution in [-0.4, -0.2) is 17.6 Å². The van der Waals surface area contributed by atoms with Crippen molar-refractivity contribution in [3.63, 3.8) is 0 Å². The van der Waals surface area contributed by atoms with Crippen molar-refractivity contribution in [1.29, 1.82) is 0 Å². The van der Waals surface area contributed by atoms with Crippen LogP contribution in [0.1, 0.15) is 23.8 Å². The number of hydrogen-bond donors (Lipinski definition) is 1. The molecule has 0 spiro atoms. The van der Waals surface area contributed by atoms with Crippen LogP contribution < -0.4 is 5.32 Å². The molecule has 0 fully saturated rings. The molecule has 0 saturated heterocycles. The Morgan fingerprint density at radius 3 is 3.23 bits per heavy atom. The lowest BCUT2D eigenvalue weighted by atomic mass is 10.3. The van der Waals surface area contributed by atoms with Crippen LogP contribution in [0.15, 0.2) is 16.9 Å². The fourth-order valence-electron chi connectivity index (χ4n) is 0.784. The number of nitrogens with zero attached hydrogens (tertiary/aromatic N) is 1. The van der Waals surface area contributed by atoms with Crippen molar-refractivity contribution in [3.05, 3.63) is 18.0 Å². The first kappa shape index (κ1) is 9.33. The average molecular weight is 178 g/mol. The third-order valence-corrected chi connectivity index (χ3v) is 1.38. The summed E-state index contributed by atoms with van der Waals surface area (Å²) in [5.41, 5.74) is 0.296. The summed E-state index contributed by atoms with van der Waals surface area (Å²) in [6.45, 7) is 2.30. The van der Waals surface area contributed by atoms with E-state index in [1.165, 1.54) is 12.3 Å². The van der Waals surface area contributed by atoms with Gasteiger partial charge in [-0.15, -0.1) is 11.8 Å². The van der Waals surface area contributed by atoms with E-state index in [-0.39, 0.29) is 5.91 Å². The number of carbonyl (C=O) groups excluding carboxylic acids is 1. The van der Waals surface area contributed by atoms with Crippen molar-refractivity contribution in [3.8, 4) is 11.8 Å². The van der Waals surface area contributed by atoms with Crippen molar-refractivity contribution in [2.45, 2.75) is 13.3 Å². The van der Waals surface area contributed by atoms with Crippen LogP contribution in [0.25, 0.3) is 0 Å². The predicted octanol–water partition coefficient (Wildman–Crippen LogP) is 0.818. The quantitative estimate of drug-likeness (QED) is 0.550. The Kier molecular flexibility index (Phi) is 3.58. The van der Waals surface area contributed by atoms with Gasteiger partial charge in [-0.05, 0) is 6.92 Å². The third kappa shape index (κ3) is 2.99. The number of nitrogens with one attached hydrogen (secondary N) is 1. The number of carbonyl (C=O) groups is 1. The van der Waals surface area contributed by atoms with E-state index in [0.29, 0.717) is 18.7 Å².